The summed E-state index contributed by atoms with van der Waals surface area (Å²) < 4.78 is 6.67. The Balaban J connectivity index is 1.88. The first kappa shape index (κ1) is 16.9. The van der Waals surface area contributed by atoms with Crippen molar-refractivity contribution in [2.24, 2.45) is 0 Å². The molecule has 0 aliphatic rings. The van der Waals surface area contributed by atoms with Crippen molar-refractivity contribution in [3.05, 3.63) is 81.4 Å². The van der Waals surface area contributed by atoms with Gasteiger partial charge >= 0.3 is 0 Å². The Labute approximate surface area is 158 Å². The monoisotopic (exact) mass is 383 g/mol. The van der Waals surface area contributed by atoms with Crippen LogP contribution >= 0.6 is 23.4 Å². The maximum absolute atomic E-state index is 13.1. The van der Waals surface area contributed by atoms with E-state index in [-0.39, 0.29) is 5.56 Å². The molecule has 2 aromatic heterocycles. The van der Waals surface area contributed by atoms with E-state index in [1.807, 2.05) is 49.4 Å². The molecule has 0 saturated carbocycles. The quantitative estimate of drug-likeness (QED) is 0.380. The Morgan fingerprint density at radius 1 is 1.15 bits per heavy atom. The van der Waals surface area contributed by atoms with Gasteiger partial charge in [0.05, 0.1) is 27.3 Å². The van der Waals surface area contributed by atoms with Gasteiger partial charge in [0.15, 0.2) is 5.16 Å². The lowest BCUT2D eigenvalue weighted by Gasteiger charge is -2.13. The largest absolute Gasteiger partial charge is 0.361 e. The molecule has 0 unspecified atom stereocenters. The molecule has 0 atom stereocenters. The molecule has 0 bridgehead atoms. The molecule has 0 aliphatic carbocycles. The van der Waals surface area contributed by atoms with Gasteiger partial charge < -0.3 is 4.52 Å². The number of rotatable bonds is 4. The zero-order chi connectivity index (χ0) is 18.1. The Morgan fingerprint density at radius 2 is 1.92 bits per heavy atom. The number of para-hydroxylation sites is 2. The molecule has 2 heterocycles. The predicted octanol–water partition coefficient (Wildman–Crippen LogP) is 4.63. The van der Waals surface area contributed by atoms with Crippen molar-refractivity contribution < 1.29 is 4.52 Å². The van der Waals surface area contributed by atoms with E-state index in [0.29, 0.717) is 32.5 Å². The molecule has 0 saturated heterocycles. The van der Waals surface area contributed by atoms with Gasteiger partial charge in [0, 0.05) is 11.8 Å². The predicted molar refractivity (Wildman–Crippen MR) is 103 cm³/mol. The Bertz CT molecular complexity index is 1150. The summed E-state index contributed by atoms with van der Waals surface area (Å²) in [5, 5.41) is 5.60. The third kappa shape index (κ3) is 3.13. The van der Waals surface area contributed by atoms with Crippen LogP contribution < -0.4 is 5.56 Å². The molecular weight excluding hydrogens is 370 g/mol. The van der Waals surface area contributed by atoms with Crippen LogP contribution in [-0.4, -0.2) is 14.7 Å². The van der Waals surface area contributed by atoms with E-state index in [4.69, 9.17) is 16.1 Å². The highest BCUT2D eigenvalue weighted by atomic mass is 35.5. The molecule has 4 rings (SSSR count). The summed E-state index contributed by atoms with van der Waals surface area (Å²) in [5.41, 5.74) is 1.90. The van der Waals surface area contributed by atoms with Crippen LogP contribution in [0.25, 0.3) is 16.6 Å². The minimum absolute atomic E-state index is 0.150. The number of thioether (sulfide) groups is 1. The van der Waals surface area contributed by atoms with Crippen molar-refractivity contribution in [1.29, 1.82) is 0 Å². The maximum atomic E-state index is 13.1. The van der Waals surface area contributed by atoms with E-state index in [2.05, 4.69) is 10.1 Å². The topological polar surface area (TPSA) is 60.9 Å². The first-order valence-electron chi connectivity index (χ1n) is 7.95. The number of hydrogen-bond donors (Lipinski definition) is 0. The Morgan fingerprint density at radius 3 is 2.69 bits per heavy atom. The van der Waals surface area contributed by atoms with Crippen LogP contribution in [-0.2, 0) is 5.75 Å². The second-order valence-corrected chi connectivity index (χ2v) is 7.07. The van der Waals surface area contributed by atoms with Crippen molar-refractivity contribution in [3.63, 3.8) is 0 Å². The second kappa shape index (κ2) is 6.97. The number of fused-ring (bicyclic) bond motifs is 1. The molecule has 0 N–H and O–H groups in total. The standard InChI is InChI=1S/C19H14ClN3O2S/c1-12-10-13(22-25-12)11-26-19-21-16-8-4-2-6-14(16)18(24)23(19)17-9-5-3-7-15(17)20/h2-10H,11H2,1H3. The third-order valence-corrected chi connectivity index (χ3v) is 5.16. The van der Waals surface area contributed by atoms with E-state index < -0.39 is 0 Å². The van der Waals surface area contributed by atoms with E-state index >= 15 is 0 Å². The Kier molecular flexibility index (Phi) is 4.53. The number of aryl methyl sites for hydroxylation is 1. The van der Waals surface area contributed by atoms with Crippen LogP contribution in [0, 0.1) is 6.92 Å². The molecule has 7 heteroatoms. The zero-order valence-electron chi connectivity index (χ0n) is 13.8. The number of nitrogens with zero attached hydrogens (tertiary/aromatic N) is 3. The summed E-state index contributed by atoms with van der Waals surface area (Å²) in [4.78, 5) is 17.8. The minimum atomic E-state index is -0.150. The fourth-order valence-electron chi connectivity index (χ4n) is 2.68. The van der Waals surface area contributed by atoms with Gasteiger partial charge in [-0.3, -0.25) is 9.36 Å². The van der Waals surface area contributed by atoms with Crippen LogP contribution in [0.15, 0.2) is 69.1 Å². The molecule has 4 aromatic rings. The fraction of sp³-hybridized carbons (Fsp3) is 0.105. The van der Waals surface area contributed by atoms with E-state index in [1.165, 1.54) is 11.8 Å². The highest BCUT2D eigenvalue weighted by Crippen LogP contribution is 2.27. The molecule has 5 nitrogen and oxygen atoms in total. The van der Waals surface area contributed by atoms with E-state index in [1.54, 1.807) is 16.7 Å². The molecule has 26 heavy (non-hydrogen) atoms. The smallest absolute Gasteiger partial charge is 0.266 e. The molecule has 2 aromatic carbocycles. The molecule has 0 radical (unpaired) electrons. The first-order valence-corrected chi connectivity index (χ1v) is 9.31. The van der Waals surface area contributed by atoms with Crippen LogP contribution in [0.2, 0.25) is 5.02 Å². The van der Waals surface area contributed by atoms with Crippen LogP contribution in [0.5, 0.6) is 0 Å². The molecule has 0 amide bonds. The average Bonchev–Trinajstić information content (AvgIpc) is 3.06. The van der Waals surface area contributed by atoms with Crippen molar-refractivity contribution >= 4 is 34.3 Å². The van der Waals surface area contributed by atoms with Crippen LogP contribution in [0.4, 0.5) is 0 Å². The van der Waals surface area contributed by atoms with Gasteiger partial charge in [-0.25, -0.2) is 4.98 Å². The van der Waals surface area contributed by atoms with Gasteiger partial charge in [0.2, 0.25) is 0 Å². The van der Waals surface area contributed by atoms with Crippen LogP contribution in [0.3, 0.4) is 0 Å². The second-order valence-electron chi connectivity index (χ2n) is 5.72. The number of benzene rings is 2. The third-order valence-electron chi connectivity index (χ3n) is 3.86. The number of halogens is 1. The van der Waals surface area contributed by atoms with Gasteiger partial charge in [-0.15, -0.1) is 0 Å². The molecule has 130 valence electrons. The summed E-state index contributed by atoms with van der Waals surface area (Å²) in [6, 6.07) is 16.4. The summed E-state index contributed by atoms with van der Waals surface area (Å²) in [6.07, 6.45) is 0. The molecular formula is C19H14ClN3O2S. The molecule has 0 spiro atoms. The van der Waals surface area contributed by atoms with Gasteiger partial charge in [0.1, 0.15) is 5.76 Å². The highest BCUT2D eigenvalue weighted by Gasteiger charge is 2.15. The maximum Gasteiger partial charge on any atom is 0.266 e. The van der Waals surface area contributed by atoms with Crippen molar-refractivity contribution in [2.45, 2.75) is 17.8 Å². The van der Waals surface area contributed by atoms with Crippen LogP contribution in [0.1, 0.15) is 11.5 Å². The van der Waals surface area contributed by atoms with Gasteiger partial charge in [-0.2, -0.15) is 0 Å². The lowest BCUT2D eigenvalue weighted by molar-refractivity contribution is 0.393. The van der Waals surface area contributed by atoms with E-state index in [0.717, 1.165) is 11.5 Å². The number of aromatic nitrogens is 3. The molecule has 0 fully saturated rings. The van der Waals surface area contributed by atoms with Gasteiger partial charge in [0.25, 0.3) is 5.56 Å². The normalized spacial score (nSPS) is 11.2. The fourth-order valence-corrected chi connectivity index (χ4v) is 3.79. The minimum Gasteiger partial charge on any atom is -0.361 e. The van der Waals surface area contributed by atoms with Gasteiger partial charge in [-0.1, -0.05) is 52.8 Å². The molecule has 0 aliphatic heterocycles. The van der Waals surface area contributed by atoms with Crippen molar-refractivity contribution in [2.75, 3.05) is 0 Å². The van der Waals surface area contributed by atoms with Crippen molar-refractivity contribution in [3.8, 4) is 5.69 Å². The SMILES string of the molecule is Cc1cc(CSc2nc3ccccc3c(=O)n2-c2ccccc2Cl)no1. The van der Waals surface area contributed by atoms with Gasteiger partial charge in [-0.05, 0) is 31.2 Å². The summed E-state index contributed by atoms with van der Waals surface area (Å²) in [5.74, 6) is 1.28. The first-order chi connectivity index (χ1) is 12.6. The number of hydrogen-bond acceptors (Lipinski definition) is 5. The highest BCUT2D eigenvalue weighted by molar-refractivity contribution is 7.98. The summed E-state index contributed by atoms with van der Waals surface area (Å²) in [6.45, 7) is 1.84. The summed E-state index contributed by atoms with van der Waals surface area (Å²) >= 11 is 7.77. The van der Waals surface area contributed by atoms with E-state index in [9.17, 15) is 4.79 Å². The average molecular weight is 384 g/mol. The van der Waals surface area contributed by atoms with Crippen molar-refractivity contribution in [1.82, 2.24) is 14.7 Å². The summed E-state index contributed by atoms with van der Waals surface area (Å²) in [7, 11) is 0. The lowest BCUT2D eigenvalue weighted by atomic mass is 10.2. The Hall–Kier alpha value is -2.57. The lowest BCUT2D eigenvalue weighted by Crippen LogP contribution is -2.22. The zero-order valence-corrected chi connectivity index (χ0v) is 15.4.